The van der Waals surface area contributed by atoms with Crippen molar-refractivity contribution in [2.75, 3.05) is 13.1 Å². The van der Waals surface area contributed by atoms with Crippen LogP contribution < -0.4 is 0 Å². The van der Waals surface area contributed by atoms with Crippen molar-refractivity contribution in [1.82, 2.24) is 4.90 Å². The number of hydrogen-bond donors (Lipinski definition) is 0. The number of likely N-dealkylation sites (tertiary alicyclic amines) is 1. The maximum absolute atomic E-state index is 2.72. The molecule has 0 aromatic heterocycles. The van der Waals surface area contributed by atoms with Crippen LogP contribution in [0.5, 0.6) is 0 Å². The predicted molar refractivity (Wildman–Crippen MR) is 69.4 cm³/mol. The highest BCUT2D eigenvalue weighted by Crippen LogP contribution is 2.22. The Kier molecular flexibility index (Phi) is 9.00. The molecule has 0 amide bonds. The monoisotopic (exact) mass is 263 g/mol. The van der Waals surface area contributed by atoms with Gasteiger partial charge in [-0.2, -0.15) is 0 Å². The van der Waals surface area contributed by atoms with Gasteiger partial charge in [-0.1, -0.05) is 33.1 Å². The highest BCUT2D eigenvalue weighted by Gasteiger charge is 2.22. The Hall–Kier alpha value is 0.440. The number of hydrogen-bond acceptors (Lipinski definition) is 1. The molecule has 14 heavy (non-hydrogen) atoms. The highest BCUT2D eigenvalue weighted by molar-refractivity contribution is 8.93. The first kappa shape index (κ1) is 14.4. The van der Waals surface area contributed by atoms with Gasteiger partial charge in [0.25, 0.3) is 0 Å². The SMILES string of the molecule is Br.CCCCC1CCCN1CCCC. The van der Waals surface area contributed by atoms with Crippen LogP contribution in [0, 0.1) is 0 Å². The van der Waals surface area contributed by atoms with Crippen LogP contribution in [0.4, 0.5) is 0 Å². The fourth-order valence-corrected chi connectivity index (χ4v) is 2.32. The third kappa shape index (κ3) is 4.79. The van der Waals surface area contributed by atoms with Crippen LogP contribution in [0.25, 0.3) is 0 Å². The fourth-order valence-electron chi connectivity index (χ4n) is 2.32. The van der Waals surface area contributed by atoms with Crippen molar-refractivity contribution in [2.45, 2.75) is 64.8 Å². The third-order valence-corrected chi connectivity index (χ3v) is 3.19. The quantitative estimate of drug-likeness (QED) is 0.700. The molecule has 1 aliphatic heterocycles. The molecule has 0 radical (unpaired) electrons. The summed E-state index contributed by atoms with van der Waals surface area (Å²) in [6.07, 6.45) is 9.87. The Labute approximate surface area is 100 Å². The van der Waals surface area contributed by atoms with E-state index in [1.807, 2.05) is 0 Å². The first-order valence-corrected chi connectivity index (χ1v) is 6.12. The van der Waals surface area contributed by atoms with E-state index in [1.165, 1.54) is 58.0 Å². The zero-order valence-electron chi connectivity index (χ0n) is 9.80. The number of halogens is 1. The van der Waals surface area contributed by atoms with Gasteiger partial charge in [0.2, 0.25) is 0 Å². The molecule has 1 saturated heterocycles. The second-order valence-corrected chi connectivity index (χ2v) is 4.33. The summed E-state index contributed by atoms with van der Waals surface area (Å²) < 4.78 is 0. The van der Waals surface area contributed by atoms with Crippen LogP contribution in [-0.2, 0) is 0 Å². The first-order chi connectivity index (χ1) is 6.38. The molecule has 0 spiro atoms. The molecule has 1 atom stereocenters. The van der Waals surface area contributed by atoms with E-state index in [4.69, 9.17) is 0 Å². The van der Waals surface area contributed by atoms with Gasteiger partial charge in [0.1, 0.15) is 0 Å². The lowest BCUT2D eigenvalue weighted by Gasteiger charge is -2.23. The molecule has 1 unspecified atom stereocenters. The summed E-state index contributed by atoms with van der Waals surface area (Å²) in [4.78, 5) is 2.72. The van der Waals surface area contributed by atoms with Gasteiger partial charge < -0.3 is 4.90 Å². The van der Waals surface area contributed by atoms with Gasteiger partial charge in [0.15, 0.2) is 0 Å². The lowest BCUT2D eigenvalue weighted by molar-refractivity contribution is 0.236. The van der Waals surface area contributed by atoms with Crippen LogP contribution >= 0.6 is 17.0 Å². The van der Waals surface area contributed by atoms with E-state index >= 15 is 0 Å². The van der Waals surface area contributed by atoms with E-state index in [-0.39, 0.29) is 17.0 Å². The molecule has 0 bridgehead atoms. The van der Waals surface area contributed by atoms with Crippen molar-refractivity contribution < 1.29 is 0 Å². The van der Waals surface area contributed by atoms with Gasteiger partial charge in [-0.15, -0.1) is 17.0 Å². The Morgan fingerprint density at radius 2 is 1.86 bits per heavy atom. The predicted octanol–water partition coefficient (Wildman–Crippen LogP) is 4.02. The molecule has 1 heterocycles. The number of nitrogens with zero attached hydrogens (tertiary/aromatic N) is 1. The van der Waals surface area contributed by atoms with Gasteiger partial charge in [-0.25, -0.2) is 0 Å². The molecule has 0 aromatic rings. The van der Waals surface area contributed by atoms with E-state index in [9.17, 15) is 0 Å². The van der Waals surface area contributed by atoms with Gasteiger partial charge >= 0.3 is 0 Å². The minimum atomic E-state index is 0. The molecule has 1 fully saturated rings. The Morgan fingerprint density at radius 3 is 2.50 bits per heavy atom. The summed E-state index contributed by atoms with van der Waals surface area (Å²) in [6.45, 7) is 7.31. The zero-order chi connectivity index (χ0) is 9.52. The van der Waals surface area contributed by atoms with E-state index in [0.717, 1.165) is 6.04 Å². The van der Waals surface area contributed by atoms with Crippen molar-refractivity contribution in [2.24, 2.45) is 0 Å². The van der Waals surface area contributed by atoms with Crippen molar-refractivity contribution >= 4 is 17.0 Å². The lowest BCUT2D eigenvalue weighted by atomic mass is 10.1. The largest absolute Gasteiger partial charge is 0.300 e. The smallest absolute Gasteiger partial charge is 0.00957 e. The molecule has 1 nitrogen and oxygen atoms in total. The van der Waals surface area contributed by atoms with E-state index in [1.54, 1.807) is 0 Å². The Balaban J connectivity index is 0.00000169. The van der Waals surface area contributed by atoms with Gasteiger partial charge in [-0.3, -0.25) is 0 Å². The first-order valence-electron chi connectivity index (χ1n) is 6.12. The van der Waals surface area contributed by atoms with Crippen molar-refractivity contribution in [1.29, 1.82) is 0 Å². The molecular formula is C12H26BrN. The van der Waals surface area contributed by atoms with Gasteiger partial charge in [0, 0.05) is 6.04 Å². The molecule has 0 saturated carbocycles. The number of rotatable bonds is 6. The summed E-state index contributed by atoms with van der Waals surface area (Å²) in [7, 11) is 0. The Morgan fingerprint density at radius 1 is 1.14 bits per heavy atom. The molecule has 0 aromatic carbocycles. The van der Waals surface area contributed by atoms with Crippen molar-refractivity contribution in [3.8, 4) is 0 Å². The minimum absolute atomic E-state index is 0. The molecule has 86 valence electrons. The molecule has 1 aliphatic rings. The van der Waals surface area contributed by atoms with Gasteiger partial charge in [0.05, 0.1) is 0 Å². The average Bonchev–Trinajstić information content (AvgIpc) is 2.59. The maximum Gasteiger partial charge on any atom is 0.00957 e. The number of unbranched alkanes of at least 4 members (excludes halogenated alkanes) is 2. The normalized spacial score (nSPS) is 22.3. The molecule has 1 rings (SSSR count). The molecular weight excluding hydrogens is 238 g/mol. The van der Waals surface area contributed by atoms with E-state index < -0.39 is 0 Å². The van der Waals surface area contributed by atoms with E-state index in [2.05, 4.69) is 18.7 Å². The summed E-state index contributed by atoms with van der Waals surface area (Å²) in [6, 6.07) is 0.937. The topological polar surface area (TPSA) is 3.24 Å². The van der Waals surface area contributed by atoms with Crippen LogP contribution in [0.2, 0.25) is 0 Å². The summed E-state index contributed by atoms with van der Waals surface area (Å²) in [5, 5.41) is 0. The van der Waals surface area contributed by atoms with Crippen LogP contribution in [0.3, 0.4) is 0 Å². The van der Waals surface area contributed by atoms with Crippen molar-refractivity contribution in [3.63, 3.8) is 0 Å². The van der Waals surface area contributed by atoms with Crippen LogP contribution in [0.15, 0.2) is 0 Å². The van der Waals surface area contributed by atoms with Gasteiger partial charge in [-0.05, 0) is 38.8 Å². The summed E-state index contributed by atoms with van der Waals surface area (Å²) >= 11 is 0. The average molecular weight is 264 g/mol. The van der Waals surface area contributed by atoms with Crippen LogP contribution in [-0.4, -0.2) is 24.0 Å². The summed E-state index contributed by atoms with van der Waals surface area (Å²) in [5.41, 5.74) is 0. The lowest BCUT2D eigenvalue weighted by Crippen LogP contribution is -2.30. The third-order valence-electron chi connectivity index (χ3n) is 3.19. The molecule has 0 N–H and O–H groups in total. The fraction of sp³-hybridized carbons (Fsp3) is 1.00. The highest BCUT2D eigenvalue weighted by atomic mass is 79.9. The summed E-state index contributed by atoms with van der Waals surface area (Å²) in [5.74, 6) is 0. The molecule has 2 heteroatoms. The standard InChI is InChI=1S/C12H25N.BrH/c1-3-5-8-12-9-7-11-13(12)10-6-4-2;/h12H,3-11H2,1-2H3;1H. The second kappa shape index (κ2) is 8.72. The Bertz CT molecular complexity index is 113. The van der Waals surface area contributed by atoms with Crippen LogP contribution in [0.1, 0.15) is 58.8 Å². The maximum atomic E-state index is 2.72. The van der Waals surface area contributed by atoms with E-state index in [0.29, 0.717) is 0 Å². The minimum Gasteiger partial charge on any atom is -0.300 e. The second-order valence-electron chi connectivity index (χ2n) is 4.33. The van der Waals surface area contributed by atoms with Crippen molar-refractivity contribution in [3.05, 3.63) is 0 Å². The molecule has 0 aliphatic carbocycles. The zero-order valence-corrected chi connectivity index (χ0v) is 11.5.